The first-order valence-electron chi connectivity index (χ1n) is 8.40. The zero-order chi connectivity index (χ0) is 16.4. The molecule has 0 bridgehead atoms. The summed E-state index contributed by atoms with van der Waals surface area (Å²) < 4.78 is 24.2. The Morgan fingerprint density at radius 1 is 1.39 bits per heavy atom. The van der Waals surface area contributed by atoms with E-state index < -0.39 is 6.10 Å². The Balaban J connectivity index is 1.43. The van der Waals surface area contributed by atoms with Gasteiger partial charge in [0.25, 0.3) is 0 Å². The first-order chi connectivity index (χ1) is 11.0. The van der Waals surface area contributed by atoms with E-state index in [1.54, 1.807) is 12.1 Å². The summed E-state index contributed by atoms with van der Waals surface area (Å²) in [5.41, 5.74) is 0.0998. The summed E-state index contributed by atoms with van der Waals surface area (Å²) in [6, 6.07) is 6.19. The predicted octanol–water partition coefficient (Wildman–Crippen LogP) is 2.36. The first kappa shape index (κ1) is 16.7. The quantitative estimate of drug-likeness (QED) is 0.844. The van der Waals surface area contributed by atoms with E-state index in [4.69, 9.17) is 9.47 Å². The third-order valence-electron chi connectivity index (χ3n) is 5.16. The summed E-state index contributed by atoms with van der Waals surface area (Å²) in [6.07, 6.45) is 2.04. The van der Waals surface area contributed by atoms with Crippen LogP contribution in [0.2, 0.25) is 0 Å². The molecule has 23 heavy (non-hydrogen) atoms. The van der Waals surface area contributed by atoms with E-state index in [0.717, 1.165) is 13.0 Å². The number of ether oxygens (including phenoxy) is 2. The van der Waals surface area contributed by atoms with Gasteiger partial charge in [-0.15, -0.1) is 0 Å². The zero-order valence-corrected chi connectivity index (χ0v) is 13.8. The van der Waals surface area contributed by atoms with E-state index in [1.807, 2.05) is 0 Å². The van der Waals surface area contributed by atoms with E-state index in [9.17, 15) is 9.50 Å². The molecule has 3 rings (SSSR count). The molecule has 2 aliphatic rings. The van der Waals surface area contributed by atoms with Crippen molar-refractivity contribution in [2.24, 2.45) is 11.3 Å². The fourth-order valence-corrected chi connectivity index (χ4v) is 3.98. The SMILES string of the molecule is CC1(C)C(NCC(O)COc2ccc(F)cc2)C2CCCOC21. The summed E-state index contributed by atoms with van der Waals surface area (Å²) in [4.78, 5) is 0. The van der Waals surface area contributed by atoms with Crippen molar-refractivity contribution in [3.63, 3.8) is 0 Å². The van der Waals surface area contributed by atoms with Crippen molar-refractivity contribution < 1.29 is 19.0 Å². The van der Waals surface area contributed by atoms with Crippen LogP contribution in [0.3, 0.4) is 0 Å². The van der Waals surface area contributed by atoms with E-state index in [-0.39, 0.29) is 17.8 Å². The minimum Gasteiger partial charge on any atom is -0.491 e. The summed E-state index contributed by atoms with van der Waals surface area (Å²) >= 11 is 0. The van der Waals surface area contributed by atoms with Crippen LogP contribution in [0.1, 0.15) is 26.7 Å². The van der Waals surface area contributed by atoms with Gasteiger partial charge >= 0.3 is 0 Å². The molecule has 2 fully saturated rings. The number of hydrogen-bond acceptors (Lipinski definition) is 4. The Kier molecular flexibility index (Phi) is 4.90. The molecule has 1 aromatic rings. The van der Waals surface area contributed by atoms with Crippen molar-refractivity contribution in [1.82, 2.24) is 5.32 Å². The van der Waals surface area contributed by atoms with Gasteiger partial charge in [-0.2, -0.15) is 0 Å². The van der Waals surface area contributed by atoms with Gasteiger partial charge in [-0.3, -0.25) is 0 Å². The highest BCUT2D eigenvalue weighted by Gasteiger charge is 2.57. The molecule has 0 amide bonds. The molecule has 128 valence electrons. The number of rotatable bonds is 6. The highest BCUT2D eigenvalue weighted by Crippen LogP contribution is 2.51. The summed E-state index contributed by atoms with van der Waals surface area (Å²) in [6.45, 7) is 5.98. The Morgan fingerprint density at radius 3 is 2.87 bits per heavy atom. The average Bonchev–Trinajstić information content (AvgIpc) is 2.54. The Morgan fingerprint density at radius 2 is 2.13 bits per heavy atom. The van der Waals surface area contributed by atoms with Gasteiger partial charge in [0.2, 0.25) is 0 Å². The Bertz CT molecular complexity index is 520. The lowest BCUT2D eigenvalue weighted by Gasteiger charge is -2.60. The molecular formula is C18H26FNO3. The van der Waals surface area contributed by atoms with Crippen LogP contribution in [0.25, 0.3) is 0 Å². The number of halogens is 1. The maximum absolute atomic E-state index is 12.8. The van der Waals surface area contributed by atoms with Crippen LogP contribution in [0, 0.1) is 17.2 Å². The smallest absolute Gasteiger partial charge is 0.123 e. The predicted molar refractivity (Wildman–Crippen MR) is 85.9 cm³/mol. The monoisotopic (exact) mass is 323 g/mol. The molecule has 4 atom stereocenters. The summed E-state index contributed by atoms with van der Waals surface area (Å²) in [5.74, 6) is 0.815. The number of nitrogens with one attached hydrogen (secondary N) is 1. The van der Waals surface area contributed by atoms with Crippen molar-refractivity contribution in [3.8, 4) is 5.75 Å². The normalized spacial score (nSPS) is 30.2. The molecule has 1 saturated heterocycles. The zero-order valence-electron chi connectivity index (χ0n) is 13.8. The molecule has 1 saturated carbocycles. The number of benzene rings is 1. The van der Waals surface area contributed by atoms with Crippen LogP contribution in [-0.4, -0.2) is 43.1 Å². The Hall–Kier alpha value is -1.17. The standard InChI is InChI=1S/C18H26FNO3/c1-18(2)16(15-4-3-9-22-17(15)18)20-10-13(21)11-23-14-7-5-12(19)6-8-14/h5-8,13,15-17,20-21H,3-4,9-11H2,1-2H3. The number of aliphatic hydroxyl groups excluding tert-OH is 1. The van der Waals surface area contributed by atoms with Crippen LogP contribution in [0.15, 0.2) is 24.3 Å². The third-order valence-corrected chi connectivity index (χ3v) is 5.16. The maximum atomic E-state index is 12.8. The van der Waals surface area contributed by atoms with E-state index in [2.05, 4.69) is 19.2 Å². The molecule has 2 N–H and O–H groups in total. The molecule has 1 heterocycles. The average molecular weight is 323 g/mol. The van der Waals surface area contributed by atoms with Crippen LogP contribution in [-0.2, 0) is 4.74 Å². The lowest BCUT2D eigenvalue weighted by atomic mass is 9.55. The van der Waals surface area contributed by atoms with Gasteiger partial charge < -0.3 is 19.9 Å². The molecule has 5 heteroatoms. The number of hydrogen-bond donors (Lipinski definition) is 2. The molecule has 1 aliphatic carbocycles. The van der Waals surface area contributed by atoms with Gasteiger partial charge in [-0.25, -0.2) is 4.39 Å². The second-order valence-corrected chi connectivity index (χ2v) is 7.22. The van der Waals surface area contributed by atoms with Crippen LogP contribution >= 0.6 is 0 Å². The van der Waals surface area contributed by atoms with Gasteiger partial charge in [0.15, 0.2) is 0 Å². The van der Waals surface area contributed by atoms with E-state index >= 15 is 0 Å². The van der Waals surface area contributed by atoms with Gasteiger partial charge in [0.05, 0.1) is 6.10 Å². The molecule has 4 unspecified atom stereocenters. The van der Waals surface area contributed by atoms with Crippen LogP contribution < -0.4 is 10.1 Å². The van der Waals surface area contributed by atoms with Crippen molar-refractivity contribution in [1.29, 1.82) is 0 Å². The van der Waals surface area contributed by atoms with Crippen molar-refractivity contribution >= 4 is 0 Å². The Labute approximate surface area is 137 Å². The molecule has 1 aliphatic heterocycles. The van der Waals surface area contributed by atoms with E-state index in [0.29, 0.717) is 30.4 Å². The molecule has 0 radical (unpaired) electrons. The van der Waals surface area contributed by atoms with Crippen molar-refractivity contribution in [3.05, 3.63) is 30.1 Å². The highest BCUT2D eigenvalue weighted by molar-refractivity contribution is 5.22. The highest BCUT2D eigenvalue weighted by atomic mass is 19.1. The van der Waals surface area contributed by atoms with Gasteiger partial charge in [-0.05, 0) is 37.1 Å². The molecule has 4 nitrogen and oxygen atoms in total. The largest absolute Gasteiger partial charge is 0.491 e. The van der Waals surface area contributed by atoms with Gasteiger partial charge in [0, 0.05) is 30.5 Å². The second-order valence-electron chi connectivity index (χ2n) is 7.22. The minimum atomic E-state index is -0.598. The topological polar surface area (TPSA) is 50.7 Å². The fourth-order valence-electron chi connectivity index (χ4n) is 3.98. The third kappa shape index (κ3) is 3.52. The fraction of sp³-hybridized carbons (Fsp3) is 0.667. The summed E-state index contributed by atoms with van der Waals surface area (Å²) in [7, 11) is 0. The summed E-state index contributed by atoms with van der Waals surface area (Å²) in [5, 5.41) is 13.6. The van der Waals surface area contributed by atoms with Crippen molar-refractivity contribution in [2.75, 3.05) is 19.8 Å². The number of aliphatic hydroxyl groups is 1. The maximum Gasteiger partial charge on any atom is 0.123 e. The number of fused-ring (bicyclic) bond motifs is 1. The van der Waals surface area contributed by atoms with Crippen molar-refractivity contribution in [2.45, 2.75) is 44.9 Å². The molecular weight excluding hydrogens is 297 g/mol. The lowest BCUT2D eigenvalue weighted by molar-refractivity contribution is -0.193. The first-order valence-corrected chi connectivity index (χ1v) is 8.40. The lowest BCUT2D eigenvalue weighted by Crippen LogP contribution is -2.69. The van der Waals surface area contributed by atoms with Crippen LogP contribution in [0.5, 0.6) is 5.75 Å². The van der Waals surface area contributed by atoms with E-state index in [1.165, 1.54) is 18.6 Å². The molecule has 0 aromatic heterocycles. The van der Waals surface area contributed by atoms with Gasteiger partial charge in [0.1, 0.15) is 24.3 Å². The van der Waals surface area contributed by atoms with Crippen LogP contribution in [0.4, 0.5) is 4.39 Å². The minimum absolute atomic E-state index is 0.0998. The molecule has 0 spiro atoms. The second kappa shape index (κ2) is 6.75. The molecule has 1 aromatic carbocycles. The van der Waals surface area contributed by atoms with Gasteiger partial charge in [-0.1, -0.05) is 13.8 Å².